The Hall–Kier alpha value is -6.19. The zero-order valence-electron chi connectivity index (χ0n) is 31.2. The molecule has 1 fully saturated rings. The minimum absolute atomic E-state index is 0.135. The van der Waals surface area contributed by atoms with Crippen molar-refractivity contribution in [1.29, 1.82) is 0 Å². The lowest BCUT2D eigenvalue weighted by atomic mass is 9.67. The molecule has 3 aliphatic rings. The molecular formula is C52H43N3. The second-order valence-electron chi connectivity index (χ2n) is 15.6. The molecule has 1 saturated carbocycles. The average molecular weight is 710 g/mol. The topological polar surface area (TPSA) is 38.7 Å². The van der Waals surface area contributed by atoms with Gasteiger partial charge in [-0.15, -0.1) is 0 Å². The minimum Gasteiger partial charge on any atom is -0.208 e. The van der Waals surface area contributed by atoms with E-state index >= 15 is 0 Å². The monoisotopic (exact) mass is 709 g/mol. The fourth-order valence-electron chi connectivity index (χ4n) is 9.44. The molecule has 3 aliphatic carbocycles. The van der Waals surface area contributed by atoms with E-state index in [4.69, 9.17) is 15.0 Å². The van der Waals surface area contributed by atoms with Gasteiger partial charge in [-0.05, 0) is 81.0 Å². The SMILES string of the molecule is CC1C=C(c2nc(-c3ccc(-c4ccc5c(c4)C4(CCCCC4)c4ccccc4-5)cc3)nc(-c3cccc(-c4ccccc4)c3)n2)C=CC1c1ccccc1. The molecule has 0 N–H and O–H groups in total. The van der Waals surface area contributed by atoms with Gasteiger partial charge in [-0.2, -0.15) is 0 Å². The van der Waals surface area contributed by atoms with Gasteiger partial charge in [0, 0.05) is 28.0 Å². The van der Waals surface area contributed by atoms with Gasteiger partial charge >= 0.3 is 0 Å². The molecule has 0 saturated heterocycles. The van der Waals surface area contributed by atoms with Crippen molar-refractivity contribution in [2.75, 3.05) is 0 Å². The Bertz CT molecular complexity index is 2580. The summed E-state index contributed by atoms with van der Waals surface area (Å²) in [5.74, 6) is 2.64. The molecule has 0 bridgehead atoms. The Morgan fingerprint density at radius 2 is 1.05 bits per heavy atom. The summed E-state index contributed by atoms with van der Waals surface area (Å²) < 4.78 is 0. The molecule has 2 atom stereocenters. The van der Waals surface area contributed by atoms with Crippen LogP contribution in [0, 0.1) is 5.92 Å². The van der Waals surface area contributed by atoms with Crippen molar-refractivity contribution in [2.24, 2.45) is 5.92 Å². The number of fused-ring (bicyclic) bond motifs is 5. The van der Waals surface area contributed by atoms with Gasteiger partial charge in [0.05, 0.1) is 0 Å². The standard InChI is InChI=1S/C52H43N3/c1-35-32-43(27-28-44(35)38-16-7-3-8-17-38)51-54-49(53-50(55-51)42-19-13-18-40(33-42)36-14-5-2-6-15-36)39-24-22-37(23-25-39)41-26-29-46-45-20-9-10-21-47(45)52(48(46)34-41)30-11-4-12-31-52/h2-3,5-10,13-29,32-35,44H,4,11-12,30-31H2,1H3. The Balaban J connectivity index is 1.03. The number of hydrogen-bond acceptors (Lipinski definition) is 3. The van der Waals surface area contributed by atoms with Crippen molar-refractivity contribution in [3.05, 3.63) is 192 Å². The molecule has 266 valence electrons. The smallest absolute Gasteiger partial charge is 0.164 e. The van der Waals surface area contributed by atoms with Crippen LogP contribution in [-0.2, 0) is 5.41 Å². The van der Waals surface area contributed by atoms with Crippen LogP contribution in [0.15, 0.2) is 170 Å². The highest BCUT2D eigenvalue weighted by molar-refractivity contribution is 5.84. The maximum Gasteiger partial charge on any atom is 0.164 e. The van der Waals surface area contributed by atoms with Crippen LogP contribution in [0.4, 0.5) is 0 Å². The number of rotatable bonds is 6. The first kappa shape index (κ1) is 33.4. The Morgan fingerprint density at radius 3 is 1.84 bits per heavy atom. The van der Waals surface area contributed by atoms with Crippen LogP contribution >= 0.6 is 0 Å². The zero-order valence-corrected chi connectivity index (χ0v) is 31.2. The Kier molecular flexibility index (Phi) is 8.44. The average Bonchev–Trinajstić information content (AvgIpc) is 3.52. The Labute approximate surface area is 324 Å². The van der Waals surface area contributed by atoms with E-state index in [1.807, 2.05) is 0 Å². The lowest BCUT2D eigenvalue weighted by Crippen LogP contribution is -2.28. The van der Waals surface area contributed by atoms with Crippen LogP contribution < -0.4 is 0 Å². The Morgan fingerprint density at radius 1 is 0.473 bits per heavy atom. The minimum atomic E-state index is 0.135. The molecule has 0 aliphatic heterocycles. The highest BCUT2D eigenvalue weighted by Crippen LogP contribution is 2.56. The summed E-state index contributed by atoms with van der Waals surface area (Å²) in [4.78, 5) is 15.4. The molecule has 1 aromatic heterocycles. The first-order chi connectivity index (χ1) is 27.1. The number of nitrogens with zero attached hydrogens (tertiary/aromatic N) is 3. The number of benzene rings is 6. The molecular weight excluding hydrogens is 667 g/mol. The van der Waals surface area contributed by atoms with Crippen LogP contribution in [0.1, 0.15) is 67.5 Å². The first-order valence-electron chi connectivity index (χ1n) is 19.9. The van der Waals surface area contributed by atoms with Gasteiger partial charge in [-0.25, -0.2) is 15.0 Å². The molecule has 1 spiro atoms. The summed E-state index contributed by atoms with van der Waals surface area (Å²) in [5.41, 5.74) is 15.1. The second-order valence-corrected chi connectivity index (χ2v) is 15.6. The lowest BCUT2D eigenvalue weighted by Gasteiger charge is -2.36. The normalized spacial score (nSPS) is 18.1. The molecule has 10 rings (SSSR count). The summed E-state index contributed by atoms with van der Waals surface area (Å²) in [5, 5.41) is 0. The summed E-state index contributed by atoms with van der Waals surface area (Å²) in [6, 6.07) is 54.8. The third-order valence-electron chi connectivity index (χ3n) is 12.2. The summed E-state index contributed by atoms with van der Waals surface area (Å²) in [6.45, 7) is 2.28. The highest BCUT2D eigenvalue weighted by atomic mass is 15.0. The van der Waals surface area contributed by atoms with Crippen LogP contribution in [0.2, 0.25) is 0 Å². The van der Waals surface area contributed by atoms with Crippen molar-refractivity contribution in [1.82, 2.24) is 15.0 Å². The maximum atomic E-state index is 5.15. The van der Waals surface area contributed by atoms with Gasteiger partial charge in [-0.3, -0.25) is 0 Å². The van der Waals surface area contributed by atoms with E-state index in [1.165, 1.54) is 71.0 Å². The fourth-order valence-corrected chi connectivity index (χ4v) is 9.44. The number of hydrogen-bond donors (Lipinski definition) is 0. The summed E-state index contributed by atoms with van der Waals surface area (Å²) in [6.07, 6.45) is 13.2. The van der Waals surface area contributed by atoms with Gasteiger partial charge in [0.25, 0.3) is 0 Å². The van der Waals surface area contributed by atoms with Gasteiger partial charge in [0.15, 0.2) is 17.5 Å². The van der Waals surface area contributed by atoms with E-state index in [0.29, 0.717) is 29.3 Å². The zero-order chi connectivity index (χ0) is 36.8. The van der Waals surface area contributed by atoms with E-state index in [9.17, 15) is 0 Å². The van der Waals surface area contributed by atoms with E-state index < -0.39 is 0 Å². The largest absolute Gasteiger partial charge is 0.208 e. The van der Waals surface area contributed by atoms with Gasteiger partial charge in [0.2, 0.25) is 0 Å². The van der Waals surface area contributed by atoms with E-state index in [1.54, 1.807) is 0 Å². The van der Waals surface area contributed by atoms with Crippen LogP contribution in [0.3, 0.4) is 0 Å². The van der Waals surface area contributed by atoms with E-state index in [-0.39, 0.29) is 5.41 Å². The molecule has 7 aromatic rings. The lowest BCUT2D eigenvalue weighted by molar-refractivity contribution is 0.353. The van der Waals surface area contributed by atoms with Crippen LogP contribution in [0.5, 0.6) is 0 Å². The second kappa shape index (κ2) is 13.9. The van der Waals surface area contributed by atoms with E-state index in [0.717, 1.165) is 27.8 Å². The molecule has 0 radical (unpaired) electrons. The quantitative estimate of drug-likeness (QED) is 0.173. The predicted octanol–water partition coefficient (Wildman–Crippen LogP) is 13.1. The fraction of sp³-hybridized carbons (Fsp3) is 0.173. The van der Waals surface area contributed by atoms with Crippen molar-refractivity contribution in [2.45, 2.75) is 50.4 Å². The van der Waals surface area contributed by atoms with Gasteiger partial charge in [0.1, 0.15) is 0 Å². The van der Waals surface area contributed by atoms with Gasteiger partial charge < -0.3 is 0 Å². The molecule has 1 heterocycles. The molecule has 3 heteroatoms. The summed E-state index contributed by atoms with van der Waals surface area (Å²) in [7, 11) is 0. The summed E-state index contributed by atoms with van der Waals surface area (Å²) >= 11 is 0. The molecule has 3 nitrogen and oxygen atoms in total. The predicted molar refractivity (Wildman–Crippen MR) is 226 cm³/mol. The van der Waals surface area contributed by atoms with Crippen molar-refractivity contribution < 1.29 is 0 Å². The third kappa shape index (κ3) is 6.05. The van der Waals surface area contributed by atoms with Crippen LogP contribution in [-0.4, -0.2) is 15.0 Å². The number of aromatic nitrogens is 3. The molecule has 6 aromatic carbocycles. The van der Waals surface area contributed by atoms with Gasteiger partial charge in [-0.1, -0.05) is 184 Å². The number of allylic oxidation sites excluding steroid dienone is 4. The first-order valence-corrected chi connectivity index (χ1v) is 19.9. The maximum absolute atomic E-state index is 5.15. The molecule has 2 unspecified atom stereocenters. The van der Waals surface area contributed by atoms with Crippen LogP contribution in [0.25, 0.3) is 61.7 Å². The molecule has 55 heavy (non-hydrogen) atoms. The van der Waals surface area contributed by atoms with E-state index in [2.05, 4.69) is 177 Å². The highest BCUT2D eigenvalue weighted by Gasteiger charge is 2.43. The van der Waals surface area contributed by atoms with Crippen molar-refractivity contribution >= 4 is 5.57 Å². The third-order valence-corrected chi connectivity index (χ3v) is 12.2. The van der Waals surface area contributed by atoms with Crippen molar-refractivity contribution in [3.8, 4) is 56.2 Å². The molecule has 0 amide bonds. The van der Waals surface area contributed by atoms with Crippen molar-refractivity contribution in [3.63, 3.8) is 0 Å².